The minimum absolute atomic E-state index is 0. The molecule has 6 heteroatoms. The van der Waals surface area contributed by atoms with E-state index in [1.165, 1.54) is 4.90 Å². The number of anilines is 1. The lowest BCUT2D eigenvalue weighted by Gasteiger charge is -2.16. The van der Waals surface area contributed by atoms with E-state index in [0.717, 1.165) is 0 Å². The lowest BCUT2D eigenvalue weighted by atomic mass is 10.2. The van der Waals surface area contributed by atoms with Crippen molar-refractivity contribution in [1.82, 2.24) is 10.2 Å². The Hall–Kier alpha value is -1.75. The van der Waals surface area contributed by atoms with Crippen LogP contribution >= 0.6 is 12.4 Å². The highest BCUT2D eigenvalue weighted by molar-refractivity contribution is 5.94. The molecule has 2 amide bonds. The summed E-state index contributed by atoms with van der Waals surface area (Å²) in [6.45, 7) is 0.392. The summed E-state index contributed by atoms with van der Waals surface area (Å²) in [6, 6.07) is 6.71. The number of benzene rings is 1. The number of nitrogens with one attached hydrogen (secondary N) is 1. The van der Waals surface area contributed by atoms with Crippen molar-refractivity contribution >= 4 is 29.9 Å². The summed E-state index contributed by atoms with van der Waals surface area (Å²) in [5.41, 5.74) is 6.73. The molecule has 0 bridgehead atoms. The molecule has 0 fully saturated rings. The Morgan fingerprint density at radius 1 is 1.28 bits per heavy atom. The maximum atomic E-state index is 11.9. The fraction of sp³-hybridized carbons (Fsp3) is 0.333. The number of hydrogen-bond donors (Lipinski definition) is 2. The predicted molar refractivity (Wildman–Crippen MR) is 73.7 cm³/mol. The number of amides is 2. The number of carbonyl (C=O) groups excluding carboxylic acids is 2. The van der Waals surface area contributed by atoms with E-state index in [1.54, 1.807) is 38.4 Å². The van der Waals surface area contributed by atoms with Gasteiger partial charge in [-0.1, -0.05) is 0 Å². The van der Waals surface area contributed by atoms with Crippen molar-refractivity contribution < 1.29 is 9.59 Å². The predicted octanol–water partition coefficient (Wildman–Crippen LogP) is 0.899. The van der Waals surface area contributed by atoms with Gasteiger partial charge in [0.15, 0.2) is 0 Å². The fourth-order valence-electron chi connectivity index (χ4n) is 1.34. The molecular weight excluding hydrogens is 254 g/mol. The Labute approximate surface area is 113 Å². The summed E-state index contributed by atoms with van der Waals surface area (Å²) in [4.78, 5) is 24.5. The van der Waals surface area contributed by atoms with Gasteiger partial charge in [0.2, 0.25) is 5.91 Å². The Bertz CT molecular complexity index is 406. The number of carbonyl (C=O) groups is 2. The molecule has 0 unspecified atom stereocenters. The molecule has 0 aliphatic heterocycles. The first kappa shape index (κ1) is 16.2. The number of rotatable bonds is 4. The van der Waals surface area contributed by atoms with Crippen LogP contribution in [-0.4, -0.2) is 37.4 Å². The average Bonchev–Trinajstić information content (AvgIpc) is 2.35. The number of nitrogen functional groups attached to an aromatic ring is 1. The Kier molecular flexibility index (Phi) is 6.82. The van der Waals surface area contributed by atoms with Crippen LogP contribution in [0, 0.1) is 0 Å². The minimum atomic E-state index is -0.117. The molecule has 0 heterocycles. The third-order valence-electron chi connectivity index (χ3n) is 2.46. The molecule has 5 nitrogen and oxygen atoms in total. The lowest BCUT2D eigenvalue weighted by molar-refractivity contribution is -0.120. The summed E-state index contributed by atoms with van der Waals surface area (Å²) >= 11 is 0. The highest BCUT2D eigenvalue weighted by Crippen LogP contribution is 2.08. The monoisotopic (exact) mass is 271 g/mol. The zero-order chi connectivity index (χ0) is 12.8. The molecule has 0 aromatic heterocycles. The third kappa shape index (κ3) is 4.63. The third-order valence-corrected chi connectivity index (χ3v) is 2.46. The molecule has 0 spiro atoms. The van der Waals surface area contributed by atoms with Crippen LogP contribution < -0.4 is 11.1 Å². The number of hydrogen-bond acceptors (Lipinski definition) is 3. The minimum Gasteiger partial charge on any atom is -0.399 e. The molecule has 3 N–H and O–H groups in total. The van der Waals surface area contributed by atoms with Gasteiger partial charge in [-0.05, 0) is 24.3 Å². The highest BCUT2D eigenvalue weighted by Gasteiger charge is 2.12. The van der Waals surface area contributed by atoms with Crippen molar-refractivity contribution in [3.8, 4) is 0 Å². The molecule has 1 rings (SSSR count). The van der Waals surface area contributed by atoms with E-state index in [1.807, 2.05) is 0 Å². The molecular formula is C12H18ClN3O2. The van der Waals surface area contributed by atoms with Crippen molar-refractivity contribution in [2.45, 2.75) is 6.42 Å². The van der Waals surface area contributed by atoms with E-state index in [0.29, 0.717) is 24.2 Å². The molecule has 0 radical (unpaired) electrons. The quantitative estimate of drug-likeness (QED) is 0.799. The second kappa shape index (κ2) is 7.55. The summed E-state index contributed by atoms with van der Waals surface area (Å²) in [7, 11) is 3.24. The molecule has 1 aromatic carbocycles. The van der Waals surface area contributed by atoms with Crippen LogP contribution in [0.2, 0.25) is 0 Å². The molecule has 0 atom stereocenters. The second-order valence-corrected chi connectivity index (χ2v) is 3.77. The van der Waals surface area contributed by atoms with Crippen LogP contribution in [0.5, 0.6) is 0 Å². The molecule has 0 aliphatic rings. The zero-order valence-electron chi connectivity index (χ0n) is 10.5. The molecule has 0 aliphatic carbocycles. The molecule has 100 valence electrons. The van der Waals surface area contributed by atoms with Crippen LogP contribution in [0.4, 0.5) is 5.69 Å². The second-order valence-electron chi connectivity index (χ2n) is 3.77. The smallest absolute Gasteiger partial charge is 0.253 e. The van der Waals surface area contributed by atoms with E-state index in [2.05, 4.69) is 5.32 Å². The van der Waals surface area contributed by atoms with Gasteiger partial charge >= 0.3 is 0 Å². The van der Waals surface area contributed by atoms with E-state index in [-0.39, 0.29) is 24.2 Å². The largest absolute Gasteiger partial charge is 0.399 e. The molecule has 18 heavy (non-hydrogen) atoms. The van der Waals surface area contributed by atoms with Crippen LogP contribution in [0.15, 0.2) is 24.3 Å². The number of nitrogens with zero attached hydrogens (tertiary/aromatic N) is 1. The van der Waals surface area contributed by atoms with Gasteiger partial charge in [0.1, 0.15) is 0 Å². The Morgan fingerprint density at radius 3 is 2.33 bits per heavy atom. The van der Waals surface area contributed by atoms with Crippen molar-refractivity contribution in [3.05, 3.63) is 29.8 Å². The van der Waals surface area contributed by atoms with Crippen molar-refractivity contribution in [2.75, 3.05) is 26.4 Å². The van der Waals surface area contributed by atoms with E-state index in [9.17, 15) is 9.59 Å². The normalized spacial score (nSPS) is 9.22. The highest BCUT2D eigenvalue weighted by atomic mass is 35.5. The number of halogens is 1. The summed E-state index contributed by atoms with van der Waals surface area (Å²) in [6.07, 6.45) is 0.299. The van der Waals surface area contributed by atoms with Gasteiger partial charge in [-0.2, -0.15) is 0 Å². The van der Waals surface area contributed by atoms with Crippen LogP contribution in [-0.2, 0) is 4.79 Å². The van der Waals surface area contributed by atoms with Crippen LogP contribution in [0.25, 0.3) is 0 Å². The van der Waals surface area contributed by atoms with Crippen molar-refractivity contribution in [2.24, 2.45) is 0 Å². The summed E-state index contributed by atoms with van der Waals surface area (Å²) in [5.74, 6) is -0.198. The first-order valence-electron chi connectivity index (χ1n) is 5.36. The topological polar surface area (TPSA) is 75.4 Å². The van der Waals surface area contributed by atoms with Gasteiger partial charge in [0.05, 0.1) is 0 Å². The average molecular weight is 272 g/mol. The summed E-state index contributed by atoms with van der Waals surface area (Å²) in [5, 5.41) is 2.51. The number of nitrogens with two attached hydrogens (primary N) is 1. The fourth-order valence-corrected chi connectivity index (χ4v) is 1.34. The van der Waals surface area contributed by atoms with Crippen molar-refractivity contribution in [1.29, 1.82) is 0 Å². The summed E-state index contributed by atoms with van der Waals surface area (Å²) < 4.78 is 0. The van der Waals surface area contributed by atoms with E-state index < -0.39 is 0 Å². The molecule has 1 aromatic rings. The van der Waals surface area contributed by atoms with Gasteiger partial charge in [-0.15, -0.1) is 12.4 Å². The Morgan fingerprint density at radius 2 is 1.83 bits per heavy atom. The Balaban J connectivity index is 0.00000289. The van der Waals surface area contributed by atoms with Gasteiger partial charge < -0.3 is 16.0 Å². The maximum Gasteiger partial charge on any atom is 0.253 e. The van der Waals surface area contributed by atoms with Crippen LogP contribution in [0.3, 0.4) is 0 Å². The first-order valence-corrected chi connectivity index (χ1v) is 5.36. The SMILES string of the molecule is CNC(=O)CCN(C)C(=O)c1ccc(N)cc1.Cl. The van der Waals surface area contributed by atoms with Gasteiger partial charge in [-0.3, -0.25) is 9.59 Å². The lowest BCUT2D eigenvalue weighted by Crippen LogP contribution is -2.31. The van der Waals surface area contributed by atoms with Crippen molar-refractivity contribution in [3.63, 3.8) is 0 Å². The van der Waals surface area contributed by atoms with Gasteiger partial charge in [0, 0.05) is 38.3 Å². The molecule has 0 saturated carbocycles. The van der Waals surface area contributed by atoms with Gasteiger partial charge in [-0.25, -0.2) is 0 Å². The maximum absolute atomic E-state index is 11.9. The zero-order valence-corrected chi connectivity index (χ0v) is 11.3. The standard InChI is InChI=1S/C12H17N3O2.ClH/c1-14-11(16)7-8-15(2)12(17)9-3-5-10(13)6-4-9;/h3-6H,7-8,13H2,1-2H3,(H,14,16);1H. The molecule has 0 saturated heterocycles. The first-order chi connectivity index (χ1) is 8.04. The van der Waals surface area contributed by atoms with E-state index >= 15 is 0 Å². The van der Waals surface area contributed by atoms with Crippen LogP contribution in [0.1, 0.15) is 16.8 Å². The van der Waals surface area contributed by atoms with Gasteiger partial charge in [0.25, 0.3) is 5.91 Å². The van der Waals surface area contributed by atoms with E-state index in [4.69, 9.17) is 5.73 Å².